The molecule has 2 rings (SSSR count). The summed E-state index contributed by atoms with van der Waals surface area (Å²) in [5, 5.41) is 4.16. The Kier molecular flexibility index (Phi) is 6.49. The molecule has 0 aliphatic carbocycles. The molecule has 1 saturated heterocycles. The Labute approximate surface area is 147 Å². The lowest BCUT2D eigenvalue weighted by atomic mass is 10.2. The Morgan fingerprint density at radius 2 is 1.92 bits per heavy atom. The second-order valence-corrected chi connectivity index (χ2v) is 6.18. The minimum atomic E-state index is -4.51. The van der Waals surface area contributed by atoms with Gasteiger partial charge in [-0.15, -0.1) is 0 Å². The third-order valence-corrected chi connectivity index (χ3v) is 3.99. The molecule has 0 aromatic heterocycles. The van der Waals surface area contributed by atoms with Gasteiger partial charge in [0.25, 0.3) is 5.91 Å². The van der Waals surface area contributed by atoms with E-state index in [1.54, 1.807) is 11.4 Å². The quantitative estimate of drug-likeness (QED) is 0.711. The van der Waals surface area contributed by atoms with Gasteiger partial charge in [-0.1, -0.05) is 17.7 Å². The van der Waals surface area contributed by atoms with Gasteiger partial charge in [-0.2, -0.15) is 13.2 Å². The Bertz CT molecular complexity index is 619. The minimum absolute atomic E-state index is 0.0306. The van der Waals surface area contributed by atoms with Crippen molar-refractivity contribution in [3.05, 3.63) is 29.3 Å². The van der Waals surface area contributed by atoms with Gasteiger partial charge in [-0.25, -0.2) is 4.79 Å². The van der Waals surface area contributed by atoms with E-state index >= 15 is 0 Å². The maximum Gasteiger partial charge on any atom is 0.405 e. The molecule has 1 fully saturated rings. The van der Waals surface area contributed by atoms with E-state index in [4.69, 9.17) is 11.6 Å². The number of hydrogen-bond donors (Lipinski definition) is 3. The number of piperazine rings is 1. The van der Waals surface area contributed by atoms with Gasteiger partial charge >= 0.3 is 12.2 Å². The number of carbonyl (C=O) groups is 2. The largest absolute Gasteiger partial charge is 0.405 e. The van der Waals surface area contributed by atoms with Crippen LogP contribution >= 0.6 is 11.6 Å². The lowest BCUT2D eigenvalue weighted by Gasteiger charge is -2.33. The molecule has 1 aliphatic rings. The van der Waals surface area contributed by atoms with Crippen LogP contribution in [-0.2, 0) is 4.79 Å². The monoisotopic (exact) mass is 379 g/mol. The van der Waals surface area contributed by atoms with Crippen LogP contribution in [0.25, 0.3) is 0 Å². The fourth-order valence-electron chi connectivity index (χ4n) is 2.55. The molecule has 0 bridgehead atoms. The van der Waals surface area contributed by atoms with E-state index in [0.29, 0.717) is 31.2 Å². The molecular weight excluding hydrogens is 361 g/mol. The number of benzene rings is 1. The SMILES string of the molecule is O=C(C[NH+]1CCN(c2cccc(Cl)c2)CC1)NC(=O)NCC(F)(F)F. The number of nitrogens with zero attached hydrogens (tertiary/aromatic N) is 1. The van der Waals surface area contributed by atoms with Gasteiger partial charge in [0.2, 0.25) is 0 Å². The van der Waals surface area contributed by atoms with Gasteiger partial charge < -0.3 is 15.1 Å². The third-order valence-electron chi connectivity index (χ3n) is 3.76. The van der Waals surface area contributed by atoms with Gasteiger partial charge in [0, 0.05) is 10.7 Å². The fraction of sp³-hybridized carbons (Fsp3) is 0.467. The smallest absolute Gasteiger partial charge is 0.360 e. The number of amides is 3. The summed E-state index contributed by atoms with van der Waals surface area (Å²) >= 11 is 5.97. The van der Waals surface area contributed by atoms with E-state index in [-0.39, 0.29) is 6.54 Å². The lowest BCUT2D eigenvalue weighted by molar-refractivity contribution is -0.892. The van der Waals surface area contributed by atoms with Gasteiger partial charge in [0.05, 0.1) is 26.2 Å². The zero-order valence-corrected chi connectivity index (χ0v) is 14.1. The number of anilines is 1. The highest BCUT2D eigenvalue weighted by atomic mass is 35.5. The third kappa shape index (κ3) is 6.79. The Hall–Kier alpha value is -2.00. The zero-order valence-electron chi connectivity index (χ0n) is 13.3. The molecule has 3 amide bonds. The van der Waals surface area contributed by atoms with Crippen LogP contribution in [-0.4, -0.2) is 57.4 Å². The van der Waals surface area contributed by atoms with Gasteiger partial charge in [-0.3, -0.25) is 10.1 Å². The summed E-state index contributed by atoms with van der Waals surface area (Å²) in [5.41, 5.74) is 1.00. The van der Waals surface area contributed by atoms with Gasteiger partial charge in [-0.05, 0) is 18.2 Å². The molecule has 1 aromatic rings. The van der Waals surface area contributed by atoms with Crippen LogP contribution in [0.4, 0.5) is 23.7 Å². The number of quaternary nitrogens is 1. The standard InChI is InChI=1S/C15H18ClF3N4O2/c16-11-2-1-3-12(8-11)23-6-4-22(5-7-23)9-13(24)21-14(25)20-10-15(17,18)19/h1-3,8H,4-7,9-10H2,(H2,20,21,24,25)/p+1. The Balaban J connectivity index is 1.72. The van der Waals surface area contributed by atoms with Crippen molar-refractivity contribution in [1.29, 1.82) is 0 Å². The van der Waals surface area contributed by atoms with Crippen molar-refractivity contribution in [2.24, 2.45) is 0 Å². The summed E-state index contributed by atoms with van der Waals surface area (Å²) in [7, 11) is 0. The maximum absolute atomic E-state index is 12.0. The van der Waals surface area contributed by atoms with E-state index in [2.05, 4.69) is 4.90 Å². The molecule has 0 atom stereocenters. The van der Waals surface area contributed by atoms with Crippen LogP contribution in [0.5, 0.6) is 0 Å². The average Bonchev–Trinajstić information content (AvgIpc) is 2.53. The van der Waals surface area contributed by atoms with Crippen LogP contribution in [0, 0.1) is 0 Å². The Morgan fingerprint density at radius 3 is 2.52 bits per heavy atom. The number of urea groups is 1. The van der Waals surface area contributed by atoms with Crippen molar-refractivity contribution < 1.29 is 27.7 Å². The minimum Gasteiger partial charge on any atom is -0.360 e. The number of imide groups is 1. The summed E-state index contributed by atoms with van der Waals surface area (Å²) in [6.07, 6.45) is -4.51. The average molecular weight is 380 g/mol. The van der Waals surface area contributed by atoms with E-state index < -0.39 is 24.7 Å². The summed E-state index contributed by atoms with van der Waals surface area (Å²) in [6.45, 7) is 1.32. The van der Waals surface area contributed by atoms with Crippen molar-refractivity contribution in [3.8, 4) is 0 Å². The second-order valence-electron chi connectivity index (χ2n) is 5.74. The highest BCUT2D eigenvalue weighted by molar-refractivity contribution is 6.30. The zero-order chi connectivity index (χ0) is 18.4. The molecule has 25 heavy (non-hydrogen) atoms. The van der Waals surface area contributed by atoms with E-state index in [9.17, 15) is 22.8 Å². The first-order valence-electron chi connectivity index (χ1n) is 7.71. The van der Waals surface area contributed by atoms with Crippen LogP contribution in [0.2, 0.25) is 5.02 Å². The van der Waals surface area contributed by atoms with Gasteiger partial charge in [0.15, 0.2) is 6.54 Å². The van der Waals surface area contributed by atoms with E-state index in [0.717, 1.165) is 10.6 Å². The van der Waals surface area contributed by atoms with Crippen molar-refractivity contribution in [2.75, 3.05) is 44.2 Å². The summed E-state index contributed by atoms with van der Waals surface area (Å²) in [4.78, 5) is 26.1. The topological polar surface area (TPSA) is 65.9 Å². The summed E-state index contributed by atoms with van der Waals surface area (Å²) < 4.78 is 35.9. The molecular formula is C15H19ClF3N4O2+. The van der Waals surface area contributed by atoms with Crippen LogP contribution < -0.4 is 20.4 Å². The van der Waals surface area contributed by atoms with Crippen molar-refractivity contribution in [2.45, 2.75) is 6.18 Å². The first-order valence-corrected chi connectivity index (χ1v) is 8.09. The van der Waals surface area contributed by atoms with Crippen LogP contribution in [0.1, 0.15) is 0 Å². The summed E-state index contributed by atoms with van der Waals surface area (Å²) in [5.74, 6) is -0.606. The van der Waals surface area contributed by atoms with Crippen LogP contribution in [0.3, 0.4) is 0 Å². The van der Waals surface area contributed by atoms with Crippen molar-refractivity contribution >= 4 is 29.2 Å². The number of hydrogen-bond acceptors (Lipinski definition) is 3. The highest BCUT2D eigenvalue weighted by Crippen LogP contribution is 2.19. The first kappa shape index (κ1) is 19.3. The Morgan fingerprint density at radius 1 is 1.24 bits per heavy atom. The first-order chi connectivity index (χ1) is 11.7. The number of carbonyl (C=O) groups excluding carboxylic acids is 2. The molecule has 3 N–H and O–H groups in total. The highest BCUT2D eigenvalue weighted by Gasteiger charge is 2.28. The van der Waals surface area contributed by atoms with Crippen molar-refractivity contribution in [3.63, 3.8) is 0 Å². The lowest BCUT2D eigenvalue weighted by Crippen LogP contribution is -3.16. The van der Waals surface area contributed by atoms with E-state index in [1.807, 2.05) is 23.5 Å². The molecule has 1 heterocycles. The molecule has 0 saturated carbocycles. The molecule has 138 valence electrons. The predicted molar refractivity (Wildman–Crippen MR) is 86.8 cm³/mol. The number of halogens is 4. The predicted octanol–water partition coefficient (Wildman–Crippen LogP) is 0.433. The second kappa shape index (κ2) is 8.39. The fourth-order valence-corrected chi connectivity index (χ4v) is 2.74. The molecule has 0 radical (unpaired) electrons. The summed E-state index contributed by atoms with van der Waals surface area (Å²) in [6, 6.07) is 6.34. The normalized spacial score (nSPS) is 15.8. The number of nitrogens with one attached hydrogen (secondary N) is 3. The molecule has 10 heteroatoms. The number of alkyl halides is 3. The van der Waals surface area contributed by atoms with Crippen LogP contribution in [0.15, 0.2) is 24.3 Å². The molecule has 1 aliphatic heterocycles. The molecule has 0 unspecified atom stereocenters. The number of rotatable bonds is 4. The van der Waals surface area contributed by atoms with Gasteiger partial charge in [0.1, 0.15) is 6.54 Å². The van der Waals surface area contributed by atoms with E-state index in [1.165, 1.54) is 0 Å². The maximum atomic E-state index is 12.0. The molecule has 0 spiro atoms. The molecule has 1 aromatic carbocycles. The molecule has 6 nitrogen and oxygen atoms in total. The van der Waals surface area contributed by atoms with Crippen molar-refractivity contribution in [1.82, 2.24) is 10.6 Å².